The molecule has 0 aromatic carbocycles. The van der Waals surface area contributed by atoms with E-state index in [0.717, 1.165) is 0 Å². The molecule has 0 atom stereocenters. The first kappa shape index (κ1) is 7.77. The summed E-state index contributed by atoms with van der Waals surface area (Å²) in [6, 6.07) is 4.04. The summed E-state index contributed by atoms with van der Waals surface area (Å²) in [7, 11) is 0. The van der Waals surface area contributed by atoms with Crippen molar-refractivity contribution in [1.29, 1.82) is 0 Å². The topological polar surface area (TPSA) is 38.9 Å². The van der Waals surface area contributed by atoms with E-state index >= 15 is 0 Å². The average molecular weight is 197 g/mol. The average Bonchev–Trinajstić information content (AvgIpc) is 2.05. The van der Waals surface area contributed by atoms with Gasteiger partial charge in [-0.3, -0.25) is 0 Å². The van der Waals surface area contributed by atoms with Crippen molar-refractivity contribution in [3.05, 3.63) is 23.9 Å². The van der Waals surface area contributed by atoms with E-state index in [2.05, 4.69) is 16.8 Å². The molecule has 1 rings (SSSR count). The molecular formula is C7H10AsN2. The fraction of sp³-hybridized carbons (Fsp3) is 0.286. The van der Waals surface area contributed by atoms with Crippen LogP contribution in [-0.4, -0.2) is 20.7 Å². The third kappa shape index (κ3) is 1.83. The molecule has 0 spiro atoms. The van der Waals surface area contributed by atoms with Crippen LogP contribution < -0.4 is 10.2 Å². The quantitative estimate of drug-likeness (QED) is 0.673. The molecule has 1 heterocycles. The van der Waals surface area contributed by atoms with Crippen molar-refractivity contribution in [3.63, 3.8) is 0 Å². The summed E-state index contributed by atoms with van der Waals surface area (Å²) in [6.07, 6.45) is 1.83. The molecule has 53 valence electrons. The van der Waals surface area contributed by atoms with Crippen molar-refractivity contribution in [2.45, 2.75) is 12.3 Å². The van der Waals surface area contributed by atoms with Crippen molar-refractivity contribution in [2.24, 2.45) is 5.73 Å². The number of pyridine rings is 1. The molecule has 1 aromatic heterocycles. The molecule has 2 nitrogen and oxygen atoms in total. The molecule has 1 radical (unpaired) electrons. The zero-order chi connectivity index (χ0) is 7.40. The SMILES string of the molecule is C[As]c1cc(CN)ccn1. The second-order valence-electron chi connectivity index (χ2n) is 1.95. The summed E-state index contributed by atoms with van der Waals surface area (Å²) in [5, 5.41) is 0. The molecule has 3 heteroatoms. The Balaban J connectivity index is 2.87. The maximum absolute atomic E-state index is 5.46. The summed E-state index contributed by atoms with van der Waals surface area (Å²) in [5.74, 6) is 0. The Bertz CT molecular complexity index is 193. The first-order valence-electron chi connectivity index (χ1n) is 3.11. The van der Waals surface area contributed by atoms with Crippen molar-refractivity contribution in [1.82, 2.24) is 4.98 Å². The molecule has 0 saturated heterocycles. The number of nitrogens with zero attached hydrogens (tertiary/aromatic N) is 1. The van der Waals surface area contributed by atoms with Crippen molar-refractivity contribution in [3.8, 4) is 0 Å². The van der Waals surface area contributed by atoms with Crippen LogP contribution in [0.5, 0.6) is 0 Å². The Morgan fingerprint density at radius 1 is 1.70 bits per heavy atom. The first-order chi connectivity index (χ1) is 4.86. The van der Waals surface area contributed by atoms with Crippen LogP contribution >= 0.6 is 0 Å². The molecule has 0 amide bonds. The Labute approximate surface area is 67.5 Å². The zero-order valence-corrected chi connectivity index (χ0v) is 7.79. The van der Waals surface area contributed by atoms with E-state index in [1.807, 2.05) is 12.3 Å². The fourth-order valence-corrected chi connectivity index (χ4v) is 1.71. The van der Waals surface area contributed by atoms with Crippen LogP contribution in [0.25, 0.3) is 0 Å². The Morgan fingerprint density at radius 2 is 2.50 bits per heavy atom. The van der Waals surface area contributed by atoms with Crippen LogP contribution in [-0.2, 0) is 6.54 Å². The van der Waals surface area contributed by atoms with Gasteiger partial charge in [-0.1, -0.05) is 0 Å². The van der Waals surface area contributed by atoms with Gasteiger partial charge in [0, 0.05) is 0 Å². The number of hydrogen-bond acceptors (Lipinski definition) is 2. The third-order valence-corrected chi connectivity index (χ3v) is 2.75. The van der Waals surface area contributed by atoms with Crippen LogP contribution in [0.2, 0.25) is 5.71 Å². The van der Waals surface area contributed by atoms with E-state index in [0.29, 0.717) is 6.54 Å². The second-order valence-corrected chi connectivity index (χ2v) is 3.85. The monoisotopic (exact) mass is 197 g/mol. The van der Waals surface area contributed by atoms with Gasteiger partial charge in [0.25, 0.3) is 0 Å². The minimum atomic E-state index is 0.247. The van der Waals surface area contributed by atoms with E-state index in [4.69, 9.17) is 5.73 Å². The molecule has 1 aromatic rings. The van der Waals surface area contributed by atoms with Crippen molar-refractivity contribution < 1.29 is 0 Å². The van der Waals surface area contributed by atoms with Crippen LogP contribution in [0.15, 0.2) is 18.3 Å². The summed E-state index contributed by atoms with van der Waals surface area (Å²) < 4.78 is 1.21. The normalized spacial score (nSPS) is 11.0. The fourth-order valence-electron chi connectivity index (χ4n) is 0.710. The molecular weight excluding hydrogens is 187 g/mol. The molecule has 0 saturated carbocycles. The molecule has 10 heavy (non-hydrogen) atoms. The third-order valence-electron chi connectivity index (χ3n) is 1.27. The van der Waals surface area contributed by atoms with Gasteiger partial charge >= 0.3 is 67.1 Å². The minimum absolute atomic E-state index is 0.247. The molecule has 0 bridgehead atoms. The number of nitrogens with two attached hydrogens (primary N) is 1. The predicted molar refractivity (Wildman–Crippen MR) is 43.4 cm³/mol. The number of hydrogen-bond donors (Lipinski definition) is 1. The van der Waals surface area contributed by atoms with E-state index in [-0.39, 0.29) is 15.8 Å². The first-order valence-corrected chi connectivity index (χ1v) is 5.93. The molecule has 0 fully saturated rings. The van der Waals surface area contributed by atoms with Crippen LogP contribution in [0.4, 0.5) is 0 Å². The van der Waals surface area contributed by atoms with Gasteiger partial charge in [0.15, 0.2) is 0 Å². The van der Waals surface area contributed by atoms with Crippen molar-refractivity contribution in [2.75, 3.05) is 0 Å². The Kier molecular flexibility index (Phi) is 2.91. The predicted octanol–water partition coefficient (Wildman–Crippen LogP) is -0.0821. The molecule has 2 N–H and O–H groups in total. The van der Waals surface area contributed by atoms with E-state index in [1.165, 1.54) is 10.0 Å². The Morgan fingerprint density at radius 3 is 3.10 bits per heavy atom. The van der Waals surface area contributed by atoms with Gasteiger partial charge in [0.05, 0.1) is 0 Å². The molecule has 0 aliphatic rings. The number of aromatic nitrogens is 1. The molecule has 0 unspecified atom stereocenters. The summed E-state index contributed by atoms with van der Waals surface area (Å²) >= 11 is 0.247. The maximum atomic E-state index is 5.46. The molecule has 0 aliphatic heterocycles. The summed E-state index contributed by atoms with van der Waals surface area (Å²) in [5.41, 5.74) is 8.82. The van der Waals surface area contributed by atoms with Crippen LogP contribution in [0, 0.1) is 0 Å². The van der Waals surface area contributed by atoms with Crippen molar-refractivity contribution >= 4 is 20.2 Å². The number of rotatable bonds is 2. The van der Waals surface area contributed by atoms with Gasteiger partial charge in [0.1, 0.15) is 0 Å². The van der Waals surface area contributed by atoms with Crippen LogP contribution in [0.3, 0.4) is 0 Å². The van der Waals surface area contributed by atoms with E-state index < -0.39 is 0 Å². The summed E-state index contributed by atoms with van der Waals surface area (Å²) in [4.78, 5) is 4.19. The Hall–Kier alpha value is -0.332. The standard InChI is InChI=1S/C7H10AsN2/c1-8-7-4-6(5-9)2-3-10-7/h2-4H,5,9H2,1H3. The van der Waals surface area contributed by atoms with E-state index in [1.54, 1.807) is 0 Å². The molecule has 0 aliphatic carbocycles. The van der Waals surface area contributed by atoms with E-state index in [9.17, 15) is 0 Å². The van der Waals surface area contributed by atoms with Gasteiger partial charge in [0.2, 0.25) is 0 Å². The zero-order valence-electron chi connectivity index (χ0n) is 5.91. The van der Waals surface area contributed by atoms with Gasteiger partial charge in [-0.2, -0.15) is 0 Å². The summed E-state index contributed by atoms with van der Waals surface area (Å²) in [6.45, 7) is 0.622. The van der Waals surface area contributed by atoms with Gasteiger partial charge < -0.3 is 0 Å². The van der Waals surface area contributed by atoms with Gasteiger partial charge in [-0.05, 0) is 0 Å². The van der Waals surface area contributed by atoms with Crippen LogP contribution in [0.1, 0.15) is 5.56 Å². The van der Waals surface area contributed by atoms with Gasteiger partial charge in [-0.25, -0.2) is 0 Å². The second kappa shape index (κ2) is 3.74. The van der Waals surface area contributed by atoms with Gasteiger partial charge in [-0.15, -0.1) is 0 Å².